The molecule has 1 aromatic carbocycles. The number of carbonyl (C=O) groups is 2. The highest BCUT2D eigenvalue weighted by Gasteiger charge is 2.23. The minimum Gasteiger partial charge on any atom is -0.317 e. The number of carbonyl (C=O) groups excluding carboxylic acids is 2. The van der Waals surface area contributed by atoms with Crippen LogP contribution in [0.5, 0.6) is 0 Å². The van der Waals surface area contributed by atoms with Gasteiger partial charge in [-0.3, -0.25) is 10.1 Å². The highest BCUT2D eigenvalue weighted by atomic mass is 35.5. The molecule has 1 aliphatic heterocycles. The predicted molar refractivity (Wildman–Crippen MR) is 80.2 cm³/mol. The van der Waals surface area contributed by atoms with Crippen LogP contribution in [0, 0.1) is 6.92 Å². The third-order valence-electron chi connectivity index (χ3n) is 3.23. The summed E-state index contributed by atoms with van der Waals surface area (Å²) in [5.74, 6) is -0.435. The Morgan fingerprint density at radius 3 is 2.67 bits per heavy atom. The predicted octanol–water partition coefficient (Wildman–Crippen LogP) is 2.62. The summed E-state index contributed by atoms with van der Waals surface area (Å²) in [4.78, 5) is 22.7. The first-order valence-corrected chi connectivity index (χ1v) is 6.70. The first-order chi connectivity index (χ1) is 10.0. The van der Waals surface area contributed by atoms with Crippen molar-refractivity contribution in [2.45, 2.75) is 6.92 Å². The van der Waals surface area contributed by atoms with Gasteiger partial charge in [-0.05, 0) is 42.8 Å². The number of halogens is 1. The molecule has 1 aliphatic rings. The van der Waals surface area contributed by atoms with Gasteiger partial charge in [0.2, 0.25) is 0 Å². The number of urea groups is 1. The zero-order chi connectivity index (χ0) is 15.0. The van der Waals surface area contributed by atoms with E-state index in [-0.39, 0.29) is 5.70 Å². The van der Waals surface area contributed by atoms with Crippen molar-refractivity contribution in [3.8, 4) is 5.69 Å². The molecule has 0 radical (unpaired) electrons. The van der Waals surface area contributed by atoms with E-state index in [4.69, 9.17) is 11.6 Å². The Morgan fingerprint density at radius 2 is 2.00 bits per heavy atom. The lowest BCUT2D eigenvalue weighted by molar-refractivity contribution is -0.115. The summed E-state index contributed by atoms with van der Waals surface area (Å²) >= 11 is 6.15. The van der Waals surface area contributed by atoms with Gasteiger partial charge in [0.1, 0.15) is 5.70 Å². The fourth-order valence-corrected chi connectivity index (χ4v) is 2.28. The summed E-state index contributed by atoms with van der Waals surface area (Å²) in [6, 6.07) is 8.91. The highest BCUT2D eigenvalue weighted by molar-refractivity contribution is 6.31. The first kappa shape index (κ1) is 13.5. The molecule has 106 valence electrons. The largest absolute Gasteiger partial charge is 0.326 e. The smallest absolute Gasteiger partial charge is 0.317 e. The molecule has 0 saturated carbocycles. The van der Waals surface area contributed by atoms with Crippen molar-refractivity contribution >= 4 is 29.6 Å². The number of amides is 3. The van der Waals surface area contributed by atoms with Gasteiger partial charge in [-0.25, -0.2) is 4.79 Å². The molecule has 1 saturated heterocycles. The molecule has 0 atom stereocenters. The molecule has 6 heteroatoms. The van der Waals surface area contributed by atoms with Gasteiger partial charge in [0.15, 0.2) is 0 Å². The summed E-state index contributed by atoms with van der Waals surface area (Å²) in [5, 5.41) is 5.30. The molecule has 2 N–H and O–H groups in total. The molecule has 3 rings (SSSR count). The second-order valence-electron chi connectivity index (χ2n) is 4.70. The zero-order valence-electron chi connectivity index (χ0n) is 11.2. The first-order valence-electron chi connectivity index (χ1n) is 6.32. The fourth-order valence-electron chi connectivity index (χ4n) is 2.11. The van der Waals surface area contributed by atoms with E-state index >= 15 is 0 Å². The van der Waals surface area contributed by atoms with Gasteiger partial charge in [0, 0.05) is 22.6 Å². The van der Waals surface area contributed by atoms with Crippen molar-refractivity contribution in [2.75, 3.05) is 0 Å². The summed E-state index contributed by atoms with van der Waals surface area (Å²) in [5.41, 5.74) is 2.86. The molecule has 1 aromatic heterocycles. The van der Waals surface area contributed by atoms with Crippen LogP contribution in [0.1, 0.15) is 11.3 Å². The molecule has 0 aliphatic carbocycles. The number of benzene rings is 1. The van der Waals surface area contributed by atoms with Crippen molar-refractivity contribution in [2.24, 2.45) is 0 Å². The van der Waals surface area contributed by atoms with Crippen LogP contribution in [0.25, 0.3) is 11.8 Å². The SMILES string of the molecule is Cc1ccc(-n2cccc2C=C2NC(=O)NC2=O)cc1Cl. The number of hydrogen-bond donors (Lipinski definition) is 2. The maximum Gasteiger partial charge on any atom is 0.326 e. The van der Waals surface area contributed by atoms with E-state index in [1.165, 1.54) is 0 Å². The highest BCUT2D eigenvalue weighted by Crippen LogP contribution is 2.22. The summed E-state index contributed by atoms with van der Waals surface area (Å²) in [6.07, 6.45) is 3.48. The number of hydrogen-bond acceptors (Lipinski definition) is 2. The Morgan fingerprint density at radius 1 is 1.19 bits per heavy atom. The van der Waals surface area contributed by atoms with Crippen LogP contribution >= 0.6 is 11.6 Å². The third kappa shape index (κ3) is 2.55. The minimum absolute atomic E-state index is 0.221. The second-order valence-corrected chi connectivity index (χ2v) is 5.11. The Balaban J connectivity index is 2.01. The second kappa shape index (κ2) is 5.10. The van der Waals surface area contributed by atoms with Crippen LogP contribution < -0.4 is 10.6 Å². The van der Waals surface area contributed by atoms with Gasteiger partial charge in [-0.1, -0.05) is 17.7 Å². The monoisotopic (exact) mass is 301 g/mol. The fraction of sp³-hybridized carbons (Fsp3) is 0.0667. The standard InChI is InChI=1S/C15H12ClN3O2/c1-9-4-5-11(7-12(9)16)19-6-2-3-10(19)8-13-14(20)18-15(21)17-13/h2-8H,1H3,(H2,17,18,20,21). The quantitative estimate of drug-likeness (QED) is 0.661. The molecule has 5 nitrogen and oxygen atoms in total. The Kier molecular flexibility index (Phi) is 3.27. The normalized spacial score (nSPS) is 16.2. The Labute approximate surface area is 126 Å². The van der Waals surface area contributed by atoms with E-state index in [0.29, 0.717) is 5.02 Å². The van der Waals surface area contributed by atoms with E-state index in [9.17, 15) is 9.59 Å². The van der Waals surface area contributed by atoms with Crippen molar-refractivity contribution < 1.29 is 9.59 Å². The number of aromatic nitrogens is 1. The lowest BCUT2D eigenvalue weighted by Gasteiger charge is -2.08. The maximum atomic E-state index is 11.6. The molecule has 0 unspecified atom stereocenters. The molecule has 1 fully saturated rings. The molecule has 2 heterocycles. The number of imide groups is 1. The number of rotatable bonds is 2. The average Bonchev–Trinajstić information content (AvgIpc) is 3.01. The van der Waals surface area contributed by atoms with E-state index in [2.05, 4.69) is 10.6 Å². The molecule has 21 heavy (non-hydrogen) atoms. The van der Waals surface area contributed by atoms with Crippen molar-refractivity contribution in [3.63, 3.8) is 0 Å². The van der Waals surface area contributed by atoms with Crippen LogP contribution in [0.2, 0.25) is 5.02 Å². The van der Waals surface area contributed by atoms with E-state index in [1.54, 1.807) is 6.08 Å². The van der Waals surface area contributed by atoms with Crippen LogP contribution in [0.4, 0.5) is 4.79 Å². The number of nitrogens with one attached hydrogen (secondary N) is 2. The molecular formula is C15H12ClN3O2. The van der Waals surface area contributed by atoms with Crippen molar-refractivity contribution in [1.82, 2.24) is 15.2 Å². The molecular weight excluding hydrogens is 290 g/mol. The van der Waals surface area contributed by atoms with E-state index < -0.39 is 11.9 Å². The van der Waals surface area contributed by atoms with E-state index in [1.807, 2.05) is 48.0 Å². The number of aryl methyl sites for hydroxylation is 1. The average molecular weight is 302 g/mol. The summed E-state index contributed by atoms with van der Waals surface area (Å²) < 4.78 is 1.88. The van der Waals surface area contributed by atoms with Gasteiger partial charge >= 0.3 is 6.03 Å². The molecule has 0 bridgehead atoms. The molecule has 0 spiro atoms. The van der Waals surface area contributed by atoms with Crippen LogP contribution in [-0.2, 0) is 4.79 Å². The lowest BCUT2D eigenvalue weighted by Crippen LogP contribution is -2.22. The Bertz CT molecular complexity index is 777. The maximum absolute atomic E-state index is 11.6. The van der Waals surface area contributed by atoms with Gasteiger partial charge in [0.05, 0.1) is 0 Å². The van der Waals surface area contributed by atoms with Crippen LogP contribution in [-0.4, -0.2) is 16.5 Å². The molecule has 2 aromatic rings. The van der Waals surface area contributed by atoms with Crippen LogP contribution in [0.15, 0.2) is 42.2 Å². The van der Waals surface area contributed by atoms with E-state index in [0.717, 1.165) is 16.9 Å². The Hall–Kier alpha value is -2.53. The van der Waals surface area contributed by atoms with Gasteiger partial charge in [-0.15, -0.1) is 0 Å². The van der Waals surface area contributed by atoms with Gasteiger partial charge in [0.25, 0.3) is 5.91 Å². The third-order valence-corrected chi connectivity index (χ3v) is 3.63. The zero-order valence-corrected chi connectivity index (χ0v) is 11.9. The topological polar surface area (TPSA) is 63.1 Å². The number of nitrogens with zero attached hydrogens (tertiary/aromatic N) is 1. The van der Waals surface area contributed by atoms with Gasteiger partial charge < -0.3 is 9.88 Å². The van der Waals surface area contributed by atoms with Crippen LogP contribution in [0.3, 0.4) is 0 Å². The minimum atomic E-state index is -0.511. The van der Waals surface area contributed by atoms with Crippen molar-refractivity contribution in [1.29, 1.82) is 0 Å². The lowest BCUT2D eigenvalue weighted by atomic mass is 10.2. The van der Waals surface area contributed by atoms with Crippen molar-refractivity contribution in [3.05, 3.63) is 58.5 Å². The van der Waals surface area contributed by atoms with Gasteiger partial charge in [-0.2, -0.15) is 0 Å². The summed E-state index contributed by atoms with van der Waals surface area (Å²) in [7, 11) is 0. The molecule has 3 amide bonds. The summed E-state index contributed by atoms with van der Waals surface area (Å²) in [6.45, 7) is 1.93.